The van der Waals surface area contributed by atoms with Crippen molar-refractivity contribution in [3.05, 3.63) is 21.0 Å². The monoisotopic (exact) mass is 345 g/mol. The first-order valence-electron chi connectivity index (χ1n) is 7.02. The van der Waals surface area contributed by atoms with Crippen LogP contribution in [0.15, 0.2) is 15.5 Å². The lowest BCUT2D eigenvalue weighted by Gasteiger charge is -2.12. The highest BCUT2D eigenvalue weighted by Crippen LogP contribution is 2.16. The van der Waals surface area contributed by atoms with Crippen molar-refractivity contribution in [1.82, 2.24) is 9.78 Å². The average Bonchev–Trinajstić information content (AvgIpc) is 2.37. The minimum atomic E-state index is -0.110. The number of nitrogens with zero attached hydrogens (tertiary/aromatic N) is 2. The molecule has 1 heterocycles. The molecule has 1 aromatic heterocycles. The molecule has 0 saturated carbocycles. The second-order valence-electron chi connectivity index (χ2n) is 5.46. The van der Waals surface area contributed by atoms with Crippen molar-refractivity contribution >= 4 is 21.6 Å². The quantitative estimate of drug-likeness (QED) is 0.735. The van der Waals surface area contributed by atoms with Gasteiger partial charge in [0.15, 0.2) is 0 Å². The summed E-state index contributed by atoms with van der Waals surface area (Å²) in [4.78, 5) is 12.0. The van der Waals surface area contributed by atoms with Gasteiger partial charge in [-0.2, -0.15) is 5.10 Å². The fourth-order valence-electron chi connectivity index (χ4n) is 1.65. The predicted molar refractivity (Wildman–Crippen MR) is 85.3 cm³/mol. The van der Waals surface area contributed by atoms with Gasteiger partial charge in [0.05, 0.1) is 17.9 Å². The van der Waals surface area contributed by atoms with Crippen molar-refractivity contribution in [3.8, 4) is 0 Å². The lowest BCUT2D eigenvalue weighted by atomic mass is 10.2. The van der Waals surface area contributed by atoms with Crippen LogP contribution in [0.1, 0.15) is 40.2 Å². The number of ether oxygens (including phenoxy) is 1. The molecule has 0 spiro atoms. The third-order valence-electron chi connectivity index (χ3n) is 2.66. The Morgan fingerprint density at radius 1 is 1.40 bits per heavy atom. The third-order valence-corrected chi connectivity index (χ3v) is 3.43. The fourth-order valence-corrected chi connectivity index (χ4v) is 2.08. The van der Waals surface area contributed by atoms with Crippen molar-refractivity contribution in [3.63, 3.8) is 0 Å². The molecule has 0 aliphatic rings. The topological polar surface area (TPSA) is 56.1 Å². The second-order valence-corrected chi connectivity index (χ2v) is 6.26. The van der Waals surface area contributed by atoms with Gasteiger partial charge in [0.25, 0.3) is 5.56 Å². The summed E-state index contributed by atoms with van der Waals surface area (Å²) in [5.74, 6) is 0.560. The van der Waals surface area contributed by atoms with Gasteiger partial charge in [0.2, 0.25) is 0 Å². The van der Waals surface area contributed by atoms with Gasteiger partial charge in [0.1, 0.15) is 4.47 Å². The van der Waals surface area contributed by atoms with E-state index in [9.17, 15) is 4.79 Å². The molecule has 6 heteroatoms. The van der Waals surface area contributed by atoms with Crippen molar-refractivity contribution in [2.24, 2.45) is 5.92 Å². The minimum absolute atomic E-state index is 0.0530. The SMILES string of the molecule is CC(C)COCCCNc1cnn(C(C)C)c(=O)c1Br. The normalized spacial score (nSPS) is 11.3. The van der Waals surface area contributed by atoms with E-state index in [0.29, 0.717) is 10.4 Å². The Bertz CT molecular complexity index is 472. The van der Waals surface area contributed by atoms with Crippen LogP contribution in [0.2, 0.25) is 0 Å². The van der Waals surface area contributed by atoms with Crippen molar-refractivity contribution in [2.45, 2.75) is 40.2 Å². The summed E-state index contributed by atoms with van der Waals surface area (Å²) in [6.07, 6.45) is 2.58. The van der Waals surface area contributed by atoms with Crippen LogP contribution in [0.3, 0.4) is 0 Å². The summed E-state index contributed by atoms with van der Waals surface area (Å²) in [6, 6.07) is 0.0530. The van der Waals surface area contributed by atoms with Gasteiger partial charge in [-0.3, -0.25) is 4.79 Å². The van der Waals surface area contributed by atoms with Gasteiger partial charge in [0, 0.05) is 19.8 Å². The van der Waals surface area contributed by atoms with Gasteiger partial charge in [-0.05, 0) is 42.1 Å². The first-order valence-corrected chi connectivity index (χ1v) is 7.81. The van der Waals surface area contributed by atoms with Crippen LogP contribution in [0.5, 0.6) is 0 Å². The standard InChI is InChI=1S/C14H24BrN3O2/c1-10(2)9-20-7-5-6-16-12-8-17-18(11(3)4)14(19)13(12)15/h8,10-11,16H,5-7,9H2,1-4H3. The molecule has 0 radical (unpaired) electrons. The van der Waals surface area contributed by atoms with Crippen molar-refractivity contribution in [1.29, 1.82) is 0 Å². The maximum atomic E-state index is 12.0. The molecular weight excluding hydrogens is 322 g/mol. The van der Waals surface area contributed by atoms with Crippen LogP contribution in [0.4, 0.5) is 5.69 Å². The number of halogens is 1. The maximum absolute atomic E-state index is 12.0. The largest absolute Gasteiger partial charge is 0.383 e. The highest BCUT2D eigenvalue weighted by molar-refractivity contribution is 9.10. The lowest BCUT2D eigenvalue weighted by Crippen LogP contribution is -2.26. The number of aromatic nitrogens is 2. The average molecular weight is 346 g/mol. The summed E-state index contributed by atoms with van der Waals surface area (Å²) >= 11 is 3.33. The molecule has 5 nitrogen and oxygen atoms in total. The first-order chi connectivity index (χ1) is 9.43. The van der Waals surface area contributed by atoms with Gasteiger partial charge < -0.3 is 10.1 Å². The van der Waals surface area contributed by atoms with Crippen LogP contribution < -0.4 is 10.9 Å². The van der Waals surface area contributed by atoms with E-state index in [1.807, 2.05) is 13.8 Å². The Labute approximate surface area is 128 Å². The van der Waals surface area contributed by atoms with Crippen LogP contribution >= 0.6 is 15.9 Å². The zero-order valence-electron chi connectivity index (χ0n) is 12.6. The molecule has 0 aliphatic carbocycles. The van der Waals surface area contributed by atoms with Gasteiger partial charge in [-0.15, -0.1) is 0 Å². The molecule has 0 unspecified atom stereocenters. The number of nitrogens with one attached hydrogen (secondary N) is 1. The number of rotatable bonds is 8. The molecule has 114 valence electrons. The smallest absolute Gasteiger partial charge is 0.283 e. The molecule has 0 aliphatic heterocycles. The van der Waals surface area contributed by atoms with E-state index in [1.54, 1.807) is 6.20 Å². The minimum Gasteiger partial charge on any atom is -0.383 e. The second kappa shape index (κ2) is 8.42. The summed E-state index contributed by atoms with van der Waals surface area (Å²) in [7, 11) is 0. The van der Waals surface area contributed by atoms with E-state index in [4.69, 9.17) is 4.74 Å². The summed E-state index contributed by atoms with van der Waals surface area (Å²) in [5.41, 5.74) is 0.622. The van der Waals surface area contributed by atoms with E-state index < -0.39 is 0 Å². The summed E-state index contributed by atoms with van der Waals surface area (Å²) in [5, 5.41) is 7.36. The Balaban J connectivity index is 2.45. The van der Waals surface area contributed by atoms with Crippen LogP contribution in [0.25, 0.3) is 0 Å². The third kappa shape index (κ3) is 5.25. The maximum Gasteiger partial charge on any atom is 0.283 e. The molecule has 1 aromatic rings. The first kappa shape index (κ1) is 17.2. The molecule has 0 fully saturated rings. The Hall–Kier alpha value is -0.880. The molecular formula is C14H24BrN3O2. The van der Waals surface area contributed by atoms with Crippen LogP contribution in [0, 0.1) is 5.92 Å². The highest BCUT2D eigenvalue weighted by atomic mass is 79.9. The molecule has 1 rings (SSSR count). The Kier molecular flexibility index (Phi) is 7.23. The molecule has 0 amide bonds. The number of hydrogen-bond acceptors (Lipinski definition) is 4. The molecule has 0 aromatic carbocycles. The molecule has 0 saturated heterocycles. The van der Waals surface area contributed by atoms with E-state index in [1.165, 1.54) is 4.68 Å². The van der Waals surface area contributed by atoms with E-state index in [-0.39, 0.29) is 11.6 Å². The fraction of sp³-hybridized carbons (Fsp3) is 0.714. The van der Waals surface area contributed by atoms with Crippen LogP contribution in [-0.2, 0) is 4.74 Å². The zero-order valence-corrected chi connectivity index (χ0v) is 14.2. The molecule has 20 heavy (non-hydrogen) atoms. The molecule has 0 atom stereocenters. The molecule has 1 N–H and O–H groups in total. The zero-order chi connectivity index (χ0) is 15.1. The van der Waals surface area contributed by atoms with E-state index >= 15 is 0 Å². The molecule has 0 bridgehead atoms. The number of hydrogen-bond donors (Lipinski definition) is 1. The van der Waals surface area contributed by atoms with Crippen LogP contribution in [-0.4, -0.2) is 29.5 Å². The summed E-state index contributed by atoms with van der Waals surface area (Å²) < 4.78 is 7.50. The summed E-state index contributed by atoms with van der Waals surface area (Å²) in [6.45, 7) is 10.4. The van der Waals surface area contributed by atoms with Crippen molar-refractivity contribution < 1.29 is 4.74 Å². The Morgan fingerprint density at radius 2 is 2.10 bits per heavy atom. The Morgan fingerprint density at radius 3 is 2.70 bits per heavy atom. The number of anilines is 1. The van der Waals surface area contributed by atoms with Crippen molar-refractivity contribution in [2.75, 3.05) is 25.1 Å². The van der Waals surface area contributed by atoms with Gasteiger partial charge in [-0.1, -0.05) is 13.8 Å². The van der Waals surface area contributed by atoms with E-state index in [2.05, 4.69) is 40.2 Å². The van der Waals surface area contributed by atoms with Gasteiger partial charge >= 0.3 is 0 Å². The highest BCUT2D eigenvalue weighted by Gasteiger charge is 2.10. The van der Waals surface area contributed by atoms with E-state index in [0.717, 1.165) is 31.9 Å². The predicted octanol–water partition coefficient (Wildman–Crippen LogP) is 3.06. The lowest BCUT2D eigenvalue weighted by molar-refractivity contribution is 0.110. The van der Waals surface area contributed by atoms with Gasteiger partial charge in [-0.25, -0.2) is 4.68 Å².